The van der Waals surface area contributed by atoms with E-state index < -0.39 is 0 Å². The summed E-state index contributed by atoms with van der Waals surface area (Å²) >= 11 is 0. The lowest BCUT2D eigenvalue weighted by molar-refractivity contribution is -0.110. The van der Waals surface area contributed by atoms with Crippen molar-refractivity contribution >= 4 is 6.29 Å². The highest BCUT2D eigenvalue weighted by molar-refractivity contribution is 5.62. The van der Waals surface area contributed by atoms with Gasteiger partial charge in [-0.15, -0.1) is 0 Å². The first-order valence-electron chi connectivity index (χ1n) is 4.47. The molecule has 0 fully saturated rings. The molecule has 0 N–H and O–H groups in total. The van der Waals surface area contributed by atoms with Gasteiger partial charge in [0.15, 0.2) is 0 Å². The SMILES string of the molecule is O=CC1C=CC=CN1Cc1ccoc1. The number of carbonyl (C=O) groups excluding carboxylic acids is 1. The molecule has 0 radical (unpaired) electrons. The Bertz CT molecular complexity index is 351. The summed E-state index contributed by atoms with van der Waals surface area (Å²) in [5, 5.41) is 0. The number of allylic oxidation sites excluding steroid dienone is 2. The normalized spacial score (nSPS) is 20.0. The third kappa shape index (κ3) is 1.76. The van der Waals surface area contributed by atoms with Crippen LogP contribution < -0.4 is 0 Å². The first-order valence-corrected chi connectivity index (χ1v) is 4.47. The molecule has 2 heterocycles. The van der Waals surface area contributed by atoms with Crippen molar-refractivity contribution in [1.82, 2.24) is 4.90 Å². The zero-order valence-electron chi connectivity index (χ0n) is 7.67. The lowest BCUT2D eigenvalue weighted by Crippen LogP contribution is -2.30. The van der Waals surface area contributed by atoms with Gasteiger partial charge in [-0.05, 0) is 12.1 Å². The second-order valence-corrected chi connectivity index (χ2v) is 3.16. The van der Waals surface area contributed by atoms with Crippen molar-refractivity contribution in [3.63, 3.8) is 0 Å². The molecule has 2 rings (SSSR count). The molecule has 0 aromatic carbocycles. The third-order valence-corrected chi connectivity index (χ3v) is 2.16. The van der Waals surface area contributed by atoms with Crippen LogP contribution in [-0.4, -0.2) is 17.2 Å². The number of rotatable bonds is 3. The number of hydrogen-bond donors (Lipinski definition) is 0. The smallest absolute Gasteiger partial charge is 0.146 e. The molecule has 3 nitrogen and oxygen atoms in total. The Morgan fingerprint density at radius 3 is 3.14 bits per heavy atom. The van der Waals surface area contributed by atoms with E-state index in [9.17, 15) is 4.79 Å². The van der Waals surface area contributed by atoms with Gasteiger partial charge in [0.2, 0.25) is 0 Å². The molecular weight excluding hydrogens is 178 g/mol. The molecule has 0 spiro atoms. The van der Waals surface area contributed by atoms with Crippen molar-refractivity contribution in [3.05, 3.63) is 48.6 Å². The van der Waals surface area contributed by atoms with Crippen molar-refractivity contribution < 1.29 is 9.21 Å². The molecule has 0 aliphatic carbocycles. The minimum Gasteiger partial charge on any atom is -0.472 e. The van der Waals surface area contributed by atoms with E-state index in [1.54, 1.807) is 12.5 Å². The van der Waals surface area contributed by atoms with Gasteiger partial charge in [0.05, 0.1) is 12.5 Å². The standard InChI is InChI=1S/C11H11NO2/c13-8-11-3-1-2-5-12(11)7-10-4-6-14-9-10/h1-6,8-9,11H,7H2. The maximum atomic E-state index is 10.7. The summed E-state index contributed by atoms with van der Waals surface area (Å²) in [5.74, 6) is 0. The molecule has 1 aliphatic rings. The maximum absolute atomic E-state index is 10.7. The molecule has 72 valence electrons. The minimum atomic E-state index is -0.158. The summed E-state index contributed by atoms with van der Waals surface area (Å²) in [5.41, 5.74) is 1.07. The van der Waals surface area contributed by atoms with Crippen molar-refractivity contribution in [2.75, 3.05) is 0 Å². The summed E-state index contributed by atoms with van der Waals surface area (Å²) in [4.78, 5) is 12.7. The lowest BCUT2D eigenvalue weighted by Gasteiger charge is -2.25. The summed E-state index contributed by atoms with van der Waals surface area (Å²) in [7, 11) is 0. The molecule has 1 atom stereocenters. The zero-order chi connectivity index (χ0) is 9.80. The monoisotopic (exact) mass is 189 g/mol. The lowest BCUT2D eigenvalue weighted by atomic mass is 10.2. The van der Waals surface area contributed by atoms with Crippen molar-refractivity contribution in [2.45, 2.75) is 12.6 Å². The molecule has 1 aromatic rings. The molecule has 1 aromatic heterocycles. The van der Waals surface area contributed by atoms with Crippen LogP contribution in [0.5, 0.6) is 0 Å². The molecule has 0 bridgehead atoms. The second-order valence-electron chi connectivity index (χ2n) is 3.16. The van der Waals surface area contributed by atoms with Crippen molar-refractivity contribution in [2.24, 2.45) is 0 Å². The van der Waals surface area contributed by atoms with Crippen LogP contribution in [0.2, 0.25) is 0 Å². The van der Waals surface area contributed by atoms with E-state index in [0.29, 0.717) is 6.54 Å². The second kappa shape index (κ2) is 3.96. The van der Waals surface area contributed by atoms with Gasteiger partial charge in [0.1, 0.15) is 12.3 Å². The number of hydrogen-bond acceptors (Lipinski definition) is 3. The van der Waals surface area contributed by atoms with Crippen LogP contribution in [0.1, 0.15) is 5.56 Å². The van der Waals surface area contributed by atoms with Gasteiger partial charge in [-0.3, -0.25) is 0 Å². The molecule has 14 heavy (non-hydrogen) atoms. The number of carbonyl (C=O) groups is 1. The third-order valence-electron chi connectivity index (χ3n) is 2.16. The van der Waals surface area contributed by atoms with Crippen LogP contribution in [0.4, 0.5) is 0 Å². The van der Waals surface area contributed by atoms with Crippen LogP contribution >= 0.6 is 0 Å². The van der Waals surface area contributed by atoms with Gasteiger partial charge >= 0.3 is 0 Å². The first kappa shape index (κ1) is 8.81. The van der Waals surface area contributed by atoms with E-state index in [0.717, 1.165) is 11.8 Å². The van der Waals surface area contributed by atoms with Crippen molar-refractivity contribution in [1.29, 1.82) is 0 Å². The van der Waals surface area contributed by atoms with E-state index in [2.05, 4.69) is 0 Å². The van der Waals surface area contributed by atoms with Crippen LogP contribution in [0.15, 0.2) is 47.4 Å². The summed E-state index contributed by atoms with van der Waals surface area (Å²) in [6.07, 6.45) is 11.8. The average molecular weight is 189 g/mol. The van der Waals surface area contributed by atoms with Crippen LogP contribution in [0.25, 0.3) is 0 Å². The molecule has 1 unspecified atom stereocenters. The fourth-order valence-corrected chi connectivity index (χ4v) is 1.42. The molecule has 1 aliphatic heterocycles. The number of nitrogens with zero attached hydrogens (tertiary/aromatic N) is 1. The van der Waals surface area contributed by atoms with E-state index in [1.807, 2.05) is 35.4 Å². The fourth-order valence-electron chi connectivity index (χ4n) is 1.42. The largest absolute Gasteiger partial charge is 0.472 e. The average Bonchev–Trinajstić information content (AvgIpc) is 2.71. The molecule has 3 heteroatoms. The van der Waals surface area contributed by atoms with Crippen LogP contribution in [0, 0.1) is 0 Å². The fraction of sp³-hybridized carbons (Fsp3) is 0.182. The maximum Gasteiger partial charge on any atom is 0.146 e. The van der Waals surface area contributed by atoms with Crippen molar-refractivity contribution in [3.8, 4) is 0 Å². The quantitative estimate of drug-likeness (QED) is 0.679. The topological polar surface area (TPSA) is 33.5 Å². The Morgan fingerprint density at radius 2 is 2.43 bits per heavy atom. The highest BCUT2D eigenvalue weighted by Gasteiger charge is 2.13. The van der Waals surface area contributed by atoms with Gasteiger partial charge in [-0.1, -0.05) is 12.2 Å². The van der Waals surface area contributed by atoms with Gasteiger partial charge in [0.25, 0.3) is 0 Å². The molecule has 0 saturated carbocycles. The minimum absolute atomic E-state index is 0.158. The summed E-state index contributed by atoms with van der Waals surface area (Å²) in [6.45, 7) is 0.695. The van der Waals surface area contributed by atoms with Gasteiger partial charge in [-0.2, -0.15) is 0 Å². The summed E-state index contributed by atoms with van der Waals surface area (Å²) < 4.78 is 4.97. The molecule has 0 saturated heterocycles. The first-order chi connectivity index (χ1) is 6.90. The summed E-state index contributed by atoms with van der Waals surface area (Å²) in [6, 6.07) is 1.74. The Labute approximate surface area is 82.3 Å². The predicted molar refractivity (Wildman–Crippen MR) is 52.4 cm³/mol. The Balaban J connectivity index is 2.07. The molecule has 0 amide bonds. The predicted octanol–water partition coefficient (Wildman–Crippen LogP) is 1.73. The number of aldehydes is 1. The Hall–Kier alpha value is -1.77. The highest BCUT2D eigenvalue weighted by Crippen LogP contribution is 2.12. The number of furan rings is 1. The Kier molecular flexibility index (Phi) is 2.49. The highest BCUT2D eigenvalue weighted by atomic mass is 16.3. The van der Waals surface area contributed by atoms with Gasteiger partial charge in [-0.25, -0.2) is 0 Å². The van der Waals surface area contributed by atoms with Crippen LogP contribution in [-0.2, 0) is 11.3 Å². The van der Waals surface area contributed by atoms with E-state index in [4.69, 9.17) is 4.42 Å². The van der Waals surface area contributed by atoms with Gasteiger partial charge < -0.3 is 14.1 Å². The van der Waals surface area contributed by atoms with E-state index in [1.165, 1.54) is 0 Å². The van der Waals surface area contributed by atoms with Gasteiger partial charge in [0, 0.05) is 18.3 Å². The Morgan fingerprint density at radius 1 is 1.50 bits per heavy atom. The molecular formula is C11H11NO2. The van der Waals surface area contributed by atoms with E-state index >= 15 is 0 Å². The van der Waals surface area contributed by atoms with E-state index in [-0.39, 0.29) is 6.04 Å². The van der Waals surface area contributed by atoms with Crippen LogP contribution in [0.3, 0.4) is 0 Å². The zero-order valence-corrected chi connectivity index (χ0v) is 7.67.